The first kappa shape index (κ1) is 18.1. The lowest BCUT2D eigenvalue weighted by Gasteiger charge is -2.15. The molecule has 0 radical (unpaired) electrons. The number of anilines is 2. The highest BCUT2D eigenvalue weighted by atomic mass is 32.1. The number of aromatic nitrogens is 1. The van der Waals surface area contributed by atoms with E-state index < -0.39 is 0 Å². The van der Waals surface area contributed by atoms with Gasteiger partial charge < -0.3 is 4.74 Å². The fourth-order valence-electron chi connectivity index (χ4n) is 3.10. The summed E-state index contributed by atoms with van der Waals surface area (Å²) in [5.41, 5.74) is 1.48. The summed E-state index contributed by atoms with van der Waals surface area (Å²) in [6.45, 7) is 1.72. The molecule has 1 aromatic heterocycles. The van der Waals surface area contributed by atoms with E-state index in [4.69, 9.17) is 4.74 Å². The number of ether oxygens (including phenoxy) is 1. The van der Waals surface area contributed by atoms with Gasteiger partial charge in [-0.15, -0.1) is 0 Å². The fraction of sp³-hybridized carbons (Fsp3) is 0.200. The van der Waals surface area contributed by atoms with Gasteiger partial charge in [0.1, 0.15) is 5.75 Å². The van der Waals surface area contributed by atoms with Crippen molar-refractivity contribution < 1.29 is 19.1 Å². The number of hydrogen-bond acceptors (Lipinski definition) is 6. The van der Waals surface area contributed by atoms with Crippen molar-refractivity contribution >= 4 is 50.1 Å². The van der Waals surface area contributed by atoms with Gasteiger partial charge in [-0.25, -0.2) is 4.98 Å². The van der Waals surface area contributed by atoms with Crippen molar-refractivity contribution in [1.29, 1.82) is 0 Å². The van der Waals surface area contributed by atoms with Crippen molar-refractivity contribution in [3.63, 3.8) is 0 Å². The maximum absolute atomic E-state index is 12.7. The molecule has 0 saturated carbocycles. The summed E-state index contributed by atoms with van der Waals surface area (Å²) >= 11 is 1.35. The Morgan fingerprint density at radius 3 is 2.79 bits per heavy atom. The average Bonchev–Trinajstić information content (AvgIpc) is 3.20. The summed E-state index contributed by atoms with van der Waals surface area (Å²) < 4.78 is 6.11. The van der Waals surface area contributed by atoms with E-state index in [1.54, 1.807) is 44.4 Å². The number of carbonyl (C=O) groups is 3. The molecule has 142 valence electrons. The Bertz CT molecular complexity index is 1110. The van der Waals surface area contributed by atoms with Crippen molar-refractivity contribution in [2.45, 2.75) is 13.3 Å². The lowest BCUT2D eigenvalue weighted by molar-refractivity contribution is -0.122. The van der Waals surface area contributed by atoms with Gasteiger partial charge in [0.2, 0.25) is 11.8 Å². The molecule has 1 saturated heterocycles. The van der Waals surface area contributed by atoms with Gasteiger partial charge in [-0.2, -0.15) is 0 Å². The highest BCUT2D eigenvalue weighted by molar-refractivity contribution is 7.22. The molecule has 0 spiro atoms. The first-order valence-electron chi connectivity index (χ1n) is 8.69. The van der Waals surface area contributed by atoms with Crippen molar-refractivity contribution in [1.82, 2.24) is 4.98 Å². The number of nitrogens with one attached hydrogen (secondary N) is 1. The first-order chi connectivity index (χ1) is 13.5. The molecule has 0 bridgehead atoms. The molecule has 1 N–H and O–H groups in total. The number of methoxy groups -OCH3 is 1. The molecular formula is C20H17N3O4S. The van der Waals surface area contributed by atoms with Gasteiger partial charge >= 0.3 is 0 Å². The van der Waals surface area contributed by atoms with Crippen LogP contribution >= 0.6 is 11.3 Å². The molecule has 28 heavy (non-hydrogen) atoms. The van der Waals surface area contributed by atoms with Crippen LogP contribution in [0.4, 0.5) is 10.8 Å². The average molecular weight is 395 g/mol. The predicted octanol–water partition coefficient (Wildman–Crippen LogP) is 3.46. The second-order valence-corrected chi connectivity index (χ2v) is 7.56. The van der Waals surface area contributed by atoms with Gasteiger partial charge in [-0.05, 0) is 30.3 Å². The quantitative estimate of drug-likeness (QED) is 0.684. The van der Waals surface area contributed by atoms with Crippen LogP contribution in [0, 0.1) is 5.92 Å². The van der Waals surface area contributed by atoms with E-state index >= 15 is 0 Å². The maximum Gasteiger partial charge on any atom is 0.257 e. The van der Waals surface area contributed by atoms with Gasteiger partial charge in [-0.1, -0.05) is 24.3 Å². The summed E-state index contributed by atoms with van der Waals surface area (Å²) in [4.78, 5) is 42.5. The third-order valence-corrected chi connectivity index (χ3v) is 5.51. The van der Waals surface area contributed by atoms with Gasteiger partial charge in [0.25, 0.3) is 5.91 Å². The highest BCUT2D eigenvalue weighted by Crippen LogP contribution is 2.30. The zero-order valence-corrected chi connectivity index (χ0v) is 16.1. The molecule has 4 rings (SSSR count). The third kappa shape index (κ3) is 3.22. The minimum Gasteiger partial charge on any atom is -0.497 e. The van der Waals surface area contributed by atoms with Gasteiger partial charge in [-0.3, -0.25) is 24.6 Å². The predicted molar refractivity (Wildman–Crippen MR) is 107 cm³/mol. The van der Waals surface area contributed by atoms with Crippen LogP contribution in [0.5, 0.6) is 5.75 Å². The summed E-state index contributed by atoms with van der Waals surface area (Å²) in [5, 5.41) is 3.23. The van der Waals surface area contributed by atoms with Crippen LogP contribution in [0.15, 0.2) is 42.5 Å². The second-order valence-electron chi connectivity index (χ2n) is 6.53. The van der Waals surface area contributed by atoms with Crippen molar-refractivity contribution in [2.75, 3.05) is 17.3 Å². The Kier molecular flexibility index (Phi) is 4.56. The van der Waals surface area contributed by atoms with Crippen molar-refractivity contribution in [3.05, 3.63) is 48.0 Å². The number of thiazole rings is 1. The number of imide groups is 1. The first-order valence-corrected chi connectivity index (χ1v) is 9.50. The Labute approximate surface area is 164 Å². The Morgan fingerprint density at radius 2 is 2.07 bits per heavy atom. The summed E-state index contributed by atoms with van der Waals surface area (Å²) in [7, 11) is 1.58. The molecule has 1 aliphatic heterocycles. The van der Waals surface area contributed by atoms with E-state index in [1.165, 1.54) is 11.3 Å². The standard InChI is InChI=1S/C20H17N3O4S/c1-11-8-17(24)23(19(11)26)13-5-3-4-12(9-13)18(25)22-20-21-15-10-14(27-2)6-7-16(15)28-20/h3-7,9-11H,8H2,1-2H3,(H,21,22,25). The van der Waals surface area contributed by atoms with Crippen LogP contribution in [0.2, 0.25) is 0 Å². The molecule has 2 aromatic carbocycles. The van der Waals surface area contributed by atoms with E-state index in [0.717, 1.165) is 15.1 Å². The van der Waals surface area contributed by atoms with Crippen LogP contribution < -0.4 is 15.0 Å². The molecule has 3 amide bonds. The van der Waals surface area contributed by atoms with E-state index in [0.29, 0.717) is 22.1 Å². The molecule has 1 aliphatic rings. The largest absolute Gasteiger partial charge is 0.497 e. The molecule has 0 aliphatic carbocycles. The number of carbonyl (C=O) groups excluding carboxylic acids is 3. The molecule has 1 unspecified atom stereocenters. The molecule has 2 heterocycles. The lowest BCUT2D eigenvalue weighted by Crippen LogP contribution is -2.30. The second kappa shape index (κ2) is 7.05. The fourth-order valence-corrected chi connectivity index (χ4v) is 3.94. The van der Waals surface area contributed by atoms with Gasteiger partial charge in [0, 0.05) is 24.0 Å². The molecule has 7 nitrogen and oxygen atoms in total. The monoisotopic (exact) mass is 395 g/mol. The van der Waals surface area contributed by atoms with Crippen LogP contribution in [0.25, 0.3) is 10.2 Å². The van der Waals surface area contributed by atoms with E-state index in [9.17, 15) is 14.4 Å². The van der Waals surface area contributed by atoms with Crippen molar-refractivity contribution in [2.24, 2.45) is 5.92 Å². The molecule has 8 heteroatoms. The topological polar surface area (TPSA) is 88.6 Å². The SMILES string of the molecule is COc1ccc2sc(NC(=O)c3cccc(N4C(=O)CC(C)C4=O)c3)nc2c1. The molecule has 1 atom stereocenters. The number of fused-ring (bicyclic) bond motifs is 1. The Morgan fingerprint density at radius 1 is 1.25 bits per heavy atom. The number of rotatable bonds is 4. The van der Waals surface area contributed by atoms with Gasteiger partial charge in [0.15, 0.2) is 5.13 Å². The number of hydrogen-bond donors (Lipinski definition) is 1. The Balaban J connectivity index is 1.57. The molecule has 1 fully saturated rings. The smallest absolute Gasteiger partial charge is 0.257 e. The summed E-state index contributed by atoms with van der Waals surface area (Å²) in [6.07, 6.45) is 0.185. The molecule has 3 aromatic rings. The minimum absolute atomic E-state index is 0.185. The van der Waals surface area contributed by atoms with Gasteiger partial charge in [0.05, 0.1) is 23.0 Å². The van der Waals surface area contributed by atoms with E-state index in [2.05, 4.69) is 10.3 Å². The van der Waals surface area contributed by atoms with E-state index in [-0.39, 0.29) is 30.1 Å². The molecular weight excluding hydrogens is 378 g/mol. The van der Waals surface area contributed by atoms with Crippen molar-refractivity contribution in [3.8, 4) is 5.75 Å². The summed E-state index contributed by atoms with van der Waals surface area (Å²) in [6, 6.07) is 12.0. The van der Waals surface area contributed by atoms with Crippen LogP contribution in [-0.2, 0) is 9.59 Å². The summed E-state index contributed by atoms with van der Waals surface area (Å²) in [5.74, 6) is -0.514. The third-order valence-electron chi connectivity index (χ3n) is 4.55. The van der Waals surface area contributed by atoms with Crippen LogP contribution in [0.3, 0.4) is 0 Å². The number of nitrogens with zero attached hydrogens (tertiary/aromatic N) is 2. The lowest BCUT2D eigenvalue weighted by atomic mass is 10.1. The zero-order chi connectivity index (χ0) is 19.8. The van der Waals surface area contributed by atoms with Crippen LogP contribution in [0.1, 0.15) is 23.7 Å². The Hall–Kier alpha value is -3.26. The highest BCUT2D eigenvalue weighted by Gasteiger charge is 2.36. The maximum atomic E-state index is 12.7. The minimum atomic E-state index is -0.361. The van der Waals surface area contributed by atoms with Crippen LogP contribution in [-0.4, -0.2) is 29.8 Å². The number of benzene rings is 2. The van der Waals surface area contributed by atoms with E-state index in [1.807, 2.05) is 12.1 Å². The zero-order valence-electron chi connectivity index (χ0n) is 15.3. The number of amides is 3. The normalized spacial score (nSPS) is 16.6.